The van der Waals surface area contributed by atoms with Gasteiger partial charge in [0, 0.05) is 12.1 Å². The maximum Gasteiger partial charge on any atom is 0.331 e. The maximum absolute atomic E-state index is 12.3. The molecule has 0 spiro atoms. The van der Waals surface area contributed by atoms with Crippen molar-refractivity contribution in [2.24, 2.45) is 11.8 Å². The minimum Gasteiger partial charge on any atom is -0.497 e. The lowest BCUT2D eigenvalue weighted by Crippen LogP contribution is -2.47. The molecule has 1 saturated carbocycles. The second-order valence-electron chi connectivity index (χ2n) is 7.07. The van der Waals surface area contributed by atoms with Crippen LogP contribution >= 0.6 is 0 Å². The van der Waals surface area contributed by atoms with Crippen molar-refractivity contribution in [2.75, 3.05) is 7.11 Å². The molecule has 5 nitrogen and oxygen atoms in total. The number of benzene rings is 1. The third-order valence-electron chi connectivity index (χ3n) is 5.22. The Morgan fingerprint density at radius 3 is 2.54 bits per heavy atom. The van der Waals surface area contributed by atoms with E-state index in [9.17, 15) is 9.59 Å². The highest BCUT2D eigenvalue weighted by Crippen LogP contribution is 2.29. The molecule has 1 aliphatic carbocycles. The fraction of sp³-hybridized carbons (Fsp3) is 0.524. The summed E-state index contributed by atoms with van der Waals surface area (Å²) in [5.41, 5.74) is 0.852. The van der Waals surface area contributed by atoms with Crippen molar-refractivity contribution in [3.05, 3.63) is 35.9 Å². The van der Waals surface area contributed by atoms with Crippen molar-refractivity contribution >= 4 is 18.0 Å². The average Bonchev–Trinajstić information content (AvgIpc) is 2.64. The van der Waals surface area contributed by atoms with Gasteiger partial charge in [-0.05, 0) is 49.0 Å². The maximum atomic E-state index is 12.3. The average molecular weight is 359 g/mol. The first-order valence-corrected chi connectivity index (χ1v) is 9.24. The number of esters is 1. The Hall–Kier alpha value is -2.30. The van der Waals surface area contributed by atoms with Crippen LogP contribution in [0, 0.1) is 11.8 Å². The minimum absolute atomic E-state index is 0.155. The van der Waals surface area contributed by atoms with E-state index in [1.54, 1.807) is 20.1 Å². The third-order valence-corrected chi connectivity index (χ3v) is 5.22. The van der Waals surface area contributed by atoms with Crippen molar-refractivity contribution in [3.63, 3.8) is 0 Å². The van der Waals surface area contributed by atoms with Crippen LogP contribution in [0.3, 0.4) is 0 Å². The Balaban J connectivity index is 1.83. The first-order valence-electron chi connectivity index (χ1n) is 9.24. The first-order chi connectivity index (χ1) is 12.4. The zero-order valence-corrected chi connectivity index (χ0v) is 16.0. The summed E-state index contributed by atoms with van der Waals surface area (Å²) >= 11 is 0. The first kappa shape index (κ1) is 20.0. The van der Waals surface area contributed by atoms with Crippen molar-refractivity contribution in [1.82, 2.24) is 5.32 Å². The lowest BCUT2D eigenvalue weighted by Gasteiger charge is -2.35. The highest BCUT2D eigenvalue weighted by atomic mass is 16.5. The molecule has 4 atom stereocenters. The van der Waals surface area contributed by atoms with Crippen molar-refractivity contribution in [1.29, 1.82) is 0 Å². The molecule has 0 bridgehead atoms. The Labute approximate surface area is 155 Å². The lowest BCUT2D eigenvalue weighted by molar-refractivity contribution is -0.150. The van der Waals surface area contributed by atoms with Gasteiger partial charge in [0.15, 0.2) is 6.10 Å². The van der Waals surface area contributed by atoms with Gasteiger partial charge in [0.25, 0.3) is 5.91 Å². The molecule has 0 saturated heterocycles. The summed E-state index contributed by atoms with van der Waals surface area (Å²) in [6.45, 7) is 5.99. The predicted molar refractivity (Wildman–Crippen MR) is 102 cm³/mol. The highest BCUT2D eigenvalue weighted by Gasteiger charge is 2.29. The van der Waals surface area contributed by atoms with Gasteiger partial charge in [0.2, 0.25) is 0 Å². The van der Waals surface area contributed by atoms with Crippen LogP contribution in [-0.4, -0.2) is 31.1 Å². The van der Waals surface area contributed by atoms with Crippen LogP contribution in [0.15, 0.2) is 30.3 Å². The largest absolute Gasteiger partial charge is 0.497 e. The second-order valence-corrected chi connectivity index (χ2v) is 7.07. The Morgan fingerprint density at radius 1 is 1.19 bits per heavy atom. The Kier molecular flexibility index (Phi) is 7.25. The number of nitrogens with one attached hydrogen (secondary N) is 1. The van der Waals surface area contributed by atoms with E-state index < -0.39 is 12.1 Å². The topological polar surface area (TPSA) is 64.6 Å². The summed E-state index contributed by atoms with van der Waals surface area (Å²) in [5.74, 6) is 1.02. The molecule has 1 fully saturated rings. The molecule has 2 rings (SSSR count). The molecule has 1 aliphatic rings. The fourth-order valence-corrected chi connectivity index (χ4v) is 3.23. The Morgan fingerprint density at radius 2 is 1.88 bits per heavy atom. The van der Waals surface area contributed by atoms with Gasteiger partial charge in [-0.2, -0.15) is 0 Å². The van der Waals surface area contributed by atoms with E-state index in [0.29, 0.717) is 11.8 Å². The molecule has 1 amide bonds. The number of carbonyl (C=O) groups is 2. The van der Waals surface area contributed by atoms with E-state index in [1.165, 1.54) is 12.5 Å². The van der Waals surface area contributed by atoms with E-state index in [2.05, 4.69) is 19.2 Å². The van der Waals surface area contributed by atoms with E-state index in [-0.39, 0.29) is 11.9 Å². The SMILES string of the molecule is COc1ccc(/C=C/C(=O)O[C@H](C)C(=O)N[C@@H]2CCC[C@H](C)[C@H]2C)cc1. The number of hydrogen-bond acceptors (Lipinski definition) is 4. The molecule has 0 unspecified atom stereocenters. The lowest BCUT2D eigenvalue weighted by atomic mass is 9.78. The minimum atomic E-state index is -0.813. The summed E-state index contributed by atoms with van der Waals surface area (Å²) in [6.07, 6.45) is 5.47. The van der Waals surface area contributed by atoms with Gasteiger partial charge in [-0.3, -0.25) is 4.79 Å². The molecule has 0 aromatic heterocycles. The van der Waals surface area contributed by atoms with Crippen LogP contribution in [0.5, 0.6) is 5.75 Å². The third kappa shape index (κ3) is 5.61. The molecule has 26 heavy (non-hydrogen) atoms. The zero-order chi connectivity index (χ0) is 19.1. The summed E-state index contributed by atoms with van der Waals surface area (Å²) in [7, 11) is 1.60. The van der Waals surface area contributed by atoms with Crippen molar-refractivity contribution in [2.45, 2.75) is 52.2 Å². The van der Waals surface area contributed by atoms with Crippen molar-refractivity contribution in [3.8, 4) is 5.75 Å². The van der Waals surface area contributed by atoms with Crippen LogP contribution in [0.4, 0.5) is 0 Å². The van der Waals surface area contributed by atoms with Gasteiger partial charge in [-0.1, -0.05) is 38.8 Å². The molecule has 0 radical (unpaired) electrons. The second kappa shape index (κ2) is 9.41. The molecule has 142 valence electrons. The molecule has 1 aromatic rings. The smallest absolute Gasteiger partial charge is 0.331 e. The van der Waals surface area contributed by atoms with E-state index in [0.717, 1.165) is 24.2 Å². The van der Waals surface area contributed by atoms with Crippen molar-refractivity contribution < 1.29 is 19.1 Å². The number of amides is 1. The van der Waals surface area contributed by atoms with Gasteiger partial charge in [0.05, 0.1) is 7.11 Å². The monoisotopic (exact) mass is 359 g/mol. The molecule has 0 aliphatic heterocycles. The summed E-state index contributed by atoms with van der Waals surface area (Å²) < 4.78 is 10.3. The predicted octanol–water partition coefficient (Wildman–Crippen LogP) is 3.58. The van der Waals surface area contributed by atoms with E-state index in [4.69, 9.17) is 9.47 Å². The van der Waals surface area contributed by atoms with Gasteiger partial charge in [-0.15, -0.1) is 0 Å². The molecular weight excluding hydrogens is 330 g/mol. The van der Waals surface area contributed by atoms with Gasteiger partial charge in [0.1, 0.15) is 5.75 Å². The molecule has 1 aromatic carbocycles. The zero-order valence-electron chi connectivity index (χ0n) is 16.0. The van der Waals surface area contributed by atoms with Gasteiger partial charge in [-0.25, -0.2) is 4.79 Å². The number of ether oxygens (including phenoxy) is 2. The molecule has 5 heteroatoms. The molecule has 1 N–H and O–H groups in total. The van der Waals surface area contributed by atoms with Gasteiger partial charge >= 0.3 is 5.97 Å². The summed E-state index contributed by atoms with van der Waals surface area (Å²) in [6, 6.07) is 7.46. The number of carbonyl (C=O) groups excluding carboxylic acids is 2. The van der Waals surface area contributed by atoms with Crippen LogP contribution in [-0.2, 0) is 14.3 Å². The fourth-order valence-electron chi connectivity index (χ4n) is 3.23. The summed E-state index contributed by atoms with van der Waals surface area (Å²) in [4.78, 5) is 24.3. The van der Waals surface area contributed by atoms with Crippen LogP contribution in [0.2, 0.25) is 0 Å². The standard InChI is InChI=1S/C21H29NO4/c1-14-6-5-7-19(15(14)2)22-21(24)16(3)26-20(23)13-10-17-8-11-18(25-4)12-9-17/h8-16,19H,5-7H2,1-4H3,(H,22,24)/b13-10+/t14-,15+,16+,19+/m0/s1. The van der Waals surface area contributed by atoms with Crippen LogP contribution in [0.1, 0.15) is 45.6 Å². The quantitative estimate of drug-likeness (QED) is 0.623. The molecule has 0 heterocycles. The normalized spacial score (nSPS) is 24.1. The van der Waals surface area contributed by atoms with Crippen LogP contribution in [0.25, 0.3) is 6.08 Å². The van der Waals surface area contributed by atoms with E-state index >= 15 is 0 Å². The highest BCUT2D eigenvalue weighted by molar-refractivity contribution is 5.90. The van der Waals surface area contributed by atoms with Crippen LogP contribution < -0.4 is 10.1 Å². The number of rotatable bonds is 6. The molecular formula is C21H29NO4. The number of hydrogen-bond donors (Lipinski definition) is 1. The Bertz CT molecular complexity index is 638. The number of methoxy groups -OCH3 is 1. The van der Waals surface area contributed by atoms with E-state index in [1.807, 2.05) is 24.3 Å². The van der Waals surface area contributed by atoms with Gasteiger partial charge < -0.3 is 14.8 Å². The summed E-state index contributed by atoms with van der Waals surface area (Å²) in [5, 5.41) is 3.04.